The molecule has 182 valence electrons. The van der Waals surface area contributed by atoms with E-state index in [9.17, 15) is 32.3 Å². The van der Waals surface area contributed by atoms with E-state index in [1.807, 2.05) is 19.1 Å². The molecule has 1 saturated heterocycles. The number of nitrogens with one attached hydrogen (secondary N) is 1. The molecule has 2 aromatic rings. The minimum absolute atomic E-state index is 0.0495. The number of amides is 3. The fourth-order valence-electron chi connectivity index (χ4n) is 4.33. The van der Waals surface area contributed by atoms with E-state index in [2.05, 4.69) is 5.32 Å². The number of benzene rings is 2. The Morgan fingerprint density at radius 3 is 2.46 bits per heavy atom. The van der Waals surface area contributed by atoms with E-state index >= 15 is 0 Å². The van der Waals surface area contributed by atoms with E-state index in [1.54, 1.807) is 0 Å². The van der Waals surface area contributed by atoms with Crippen molar-refractivity contribution >= 4 is 35.1 Å². The molecule has 0 spiro atoms. The normalized spacial score (nSPS) is 21.6. The second kappa shape index (κ2) is 9.36. The summed E-state index contributed by atoms with van der Waals surface area (Å²) in [4.78, 5) is 51.1. The summed E-state index contributed by atoms with van der Waals surface area (Å²) in [6.07, 6.45) is -0.221. The number of allylic oxidation sites excluding steroid dienone is 2. The molecule has 7 nitrogen and oxygen atoms in total. The standard InChI is InChI=1S/C25H21F3N2O5/c1-14-4-2-7-19-21(14)23(33)30(22(19)32)18-10-8-15(9-11-18)24(34)35-13-20(31)29-17-6-3-5-16(12-17)25(26,27)28/h2-6,8-12,14,19,21H,7,13H2,1H3,(H,29,31)/t14-,19+,21-/m1/s1. The summed E-state index contributed by atoms with van der Waals surface area (Å²) < 4.78 is 43.3. The number of anilines is 2. The van der Waals surface area contributed by atoms with Gasteiger partial charge in [0.2, 0.25) is 11.8 Å². The van der Waals surface area contributed by atoms with Gasteiger partial charge in [0, 0.05) is 5.69 Å². The molecule has 0 radical (unpaired) electrons. The monoisotopic (exact) mass is 486 g/mol. The topological polar surface area (TPSA) is 92.8 Å². The molecule has 3 amide bonds. The van der Waals surface area contributed by atoms with Crippen molar-refractivity contribution in [1.29, 1.82) is 0 Å². The van der Waals surface area contributed by atoms with Crippen molar-refractivity contribution in [3.05, 3.63) is 71.8 Å². The zero-order valence-corrected chi connectivity index (χ0v) is 18.5. The molecule has 35 heavy (non-hydrogen) atoms. The second-order valence-electron chi connectivity index (χ2n) is 8.42. The molecule has 2 aliphatic rings. The van der Waals surface area contributed by atoms with Crippen LogP contribution in [0.5, 0.6) is 0 Å². The molecule has 0 bridgehead atoms. The lowest BCUT2D eigenvalue weighted by molar-refractivity contribution is -0.137. The lowest BCUT2D eigenvalue weighted by Gasteiger charge is -2.22. The van der Waals surface area contributed by atoms with Crippen LogP contribution in [0.25, 0.3) is 0 Å². The van der Waals surface area contributed by atoms with E-state index < -0.39 is 42.1 Å². The molecular formula is C25H21F3N2O5. The van der Waals surface area contributed by atoms with Crippen molar-refractivity contribution in [3.63, 3.8) is 0 Å². The zero-order valence-electron chi connectivity index (χ0n) is 18.5. The van der Waals surface area contributed by atoms with Crippen LogP contribution in [-0.4, -0.2) is 30.3 Å². The SMILES string of the molecule is C[C@@H]1C=CC[C@@H]2C(=O)N(c3ccc(C(=O)OCC(=O)Nc4cccc(C(F)(F)F)c4)cc3)C(=O)[C@H]12. The fraction of sp³-hybridized carbons (Fsp3) is 0.280. The largest absolute Gasteiger partial charge is 0.452 e. The van der Waals surface area contributed by atoms with E-state index in [1.165, 1.54) is 30.3 Å². The number of hydrogen-bond acceptors (Lipinski definition) is 5. The van der Waals surface area contributed by atoms with Crippen LogP contribution in [0.1, 0.15) is 29.3 Å². The molecule has 4 rings (SSSR count). The number of esters is 1. The number of fused-ring (bicyclic) bond motifs is 1. The molecule has 1 fully saturated rings. The lowest BCUT2D eigenvalue weighted by Crippen LogP contribution is -2.31. The Bertz CT molecular complexity index is 1210. The molecule has 2 aromatic carbocycles. The van der Waals surface area contributed by atoms with E-state index in [-0.39, 0.29) is 29.0 Å². The highest BCUT2D eigenvalue weighted by atomic mass is 19.4. The van der Waals surface area contributed by atoms with E-state index in [4.69, 9.17) is 4.74 Å². The van der Waals surface area contributed by atoms with Crippen molar-refractivity contribution in [2.24, 2.45) is 17.8 Å². The molecule has 1 aliphatic heterocycles. The van der Waals surface area contributed by atoms with E-state index in [0.717, 1.165) is 23.1 Å². The lowest BCUT2D eigenvalue weighted by atomic mass is 9.78. The predicted octanol–water partition coefficient (Wildman–Crippen LogP) is 4.20. The van der Waals surface area contributed by atoms with Gasteiger partial charge in [-0.1, -0.05) is 25.1 Å². The number of rotatable bonds is 5. The highest BCUT2D eigenvalue weighted by molar-refractivity contribution is 6.22. The number of carbonyl (C=O) groups is 4. The number of nitrogens with zero attached hydrogens (tertiary/aromatic N) is 1. The predicted molar refractivity (Wildman–Crippen MR) is 119 cm³/mol. The quantitative estimate of drug-likeness (QED) is 0.389. The van der Waals surface area contributed by atoms with Gasteiger partial charge in [0.25, 0.3) is 5.91 Å². The molecular weight excluding hydrogens is 465 g/mol. The zero-order chi connectivity index (χ0) is 25.3. The third kappa shape index (κ3) is 4.96. The molecule has 1 N–H and O–H groups in total. The van der Waals surface area contributed by atoms with Crippen LogP contribution in [-0.2, 0) is 25.3 Å². The summed E-state index contributed by atoms with van der Waals surface area (Å²) in [5.74, 6) is -3.08. The molecule has 10 heteroatoms. The van der Waals surface area contributed by atoms with Gasteiger partial charge in [-0.05, 0) is 54.8 Å². The average Bonchev–Trinajstić information content (AvgIpc) is 3.08. The first-order chi connectivity index (χ1) is 16.6. The number of halogens is 3. The molecule has 3 atom stereocenters. The fourth-order valence-corrected chi connectivity index (χ4v) is 4.33. The maximum absolute atomic E-state index is 12.9. The Morgan fingerprint density at radius 1 is 1.09 bits per heavy atom. The van der Waals surface area contributed by atoms with Crippen LogP contribution >= 0.6 is 0 Å². The van der Waals surface area contributed by atoms with Gasteiger partial charge in [-0.3, -0.25) is 19.3 Å². The minimum Gasteiger partial charge on any atom is -0.452 e. The first-order valence-corrected chi connectivity index (χ1v) is 10.8. The Hall–Kier alpha value is -3.95. The van der Waals surface area contributed by atoms with Crippen LogP contribution in [0.4, 0.5) is 24.5 Å². The van der Waals surface area contributed by atoms with Crippen molar-refractivity contribution in [2.45, 2.75) is 19.5 Å². The number of hydrogen-bond donors (Lipinski definition) is 1. The first kappa shape index (κ1) is 24.2. The maximum atomic E-state index is 12.9. The van der Waals surface area contributed by atoms with Crippen molar-refractivity contribution < 1.29 is 37.1 Å². The van der Waals surface area contributed by atoms with Gasteiger partial charge in [-0.15, -0.1) is 0 Å². The van der Waals surface area contributed by atoms with Gasteiger partial charge in [0.05, 0.1) is 28.7 Å². The number of alkyl halides is 3. The third-order valence-corrected chi connectivity index (χ3v) is 6.04. The van der Waals surface area contributed by atoms with Gasteiger partial charge in [-0.25, -0.2) is 4.79 Å². The van der Waals surface area contributed by atoms with Gasteiger partial charge in [0.15, 0.2) is 6.61 Å². The summed E-state index contributed by atoms with van der Waals surface area (Å²) in [5.41, 5.74) is -0.602. The Labute approximate surface area is 198 Å². The highest BCUT2D eigenvalue weighted by Gasteiger charge is 2.50. The smallest absolute Gasteiger partial charge is 0.416 e. The number of carbonyl (C=O) groups excluding carboxylic acids is 4. The number of imide groups is 1. The van der Waals surface area contributed by atoms with Crippen LogP contribution in [0.3, 0.4) is 0 Å². The van der Waals surface area contributed by atoms with Crippen LogP contribution in [0.2, 0.25) is 0 Å². The summed E-state index contributed by atoms with van der Waals surface area (Å²) in [6.45, 7) is 1.18. The highest BCUT2D eigenvalue weighted by Crippen LogP contribution is 2.40. The first-order valence-electron chi connectivity index (χ1n) is 10.8. The second-order valence-corrected chi connectivity index (χ2v) is 8.42. The van der Waals surface area contributed by atoms with Crippen LogP contribution in [0.15, 0.2) is 60.7 Å². The Morgan fingerprint density at radius 2 is 1.80 bits per heavy atom. The number of ether oxygens (including phenoxy) is 1. The van der Waals surface area contributed by atoms with Crippen LogP contribution < -0.4 is 10.2 Å². The molecule has 0 aromatic heterocycles. The maximum Gasteiger partial charge on any atom is 0.416 e. The van der Waals surface area contributed by atoms with Gasteiger partial charge in [0.1, 0.15) is 0 Å². The molecule has 1 aliphatic carbocycles. The van der Waals surface area contributed by atoms with Crippen LogP contribution in [0, 0.1) is 17.8 Å². The summed E-state index contributed by atoms with van der Waals surface area (Å²) in [5, 5.41) is 2.24. The average molecular weight is 486 g/mol. The van der Waals surface area contributed by atoms with Crippen molar-refractivity contribution in [1.82, 2.24) is 0 Å². The summed E-state index contributed by atoms with van der Waals surface area (Å²) in [6, 6.07) is 9.70. The molecule has 0 saturated carbocycles. The third-order valence-electron chi connectivity index (χ3n) is 6.04. The minimum atomic E-state index is -4.56. The Kier molecular flexibility index (Phi) is 6.47. The Balaban J connectivity index is 1.35. The summed E-state index contributed by atoms with van der Waals surface area (Å²) >= 11 is 0. The molecule has 0 unspecified atom stereocenters. The van der Waals surface area contributed by atoms with Gasteiger partial charge < -0.3 is 10.1 Å². The van der Waals surface area contributed by atoms with E-state index in [0.29, 0.717) is 12.1 Å². The van der Waals surface area contributed by atoms with Crippen molar-refractivity contribution in [3.8, 4) is 0 Å². The van der Waals surface area contributed by atoms with Crippen molar-refractivity contribution in [2.75, 3.05) is 16.8 Å². The summed E-state index contributed by atoms with van der Waals surface area (Å²) in [7, 11) is 0. The molecule has 1 heterocycles. The van der Waals surface area contributed by atoms with Gasteiger partial charge >= 0.3 is 12.1 Å². The van der Waals surface area contributed by atoms with Gasteiger partial charge in [-0.2, -0.15) is 13.2 Å².